The normalized spacial score (nSPS) is 15.3. The van der Waals surface area contributed by atoms with Crippen LogP contribution in [0.2, 0.25) is 0 Å². The van der Waals surface area contributed by atoms with Gasteiger partial charge < -0.3 is 10.2 Å². The Labute approximate surface area is 183 Å². The second-order valence-electron chi connectivity index (χ2n) is 8.10. The van der Waals surface area contributed by atoms with E-state index in [1.54, 1.807) is 17.5 Å². The van der Waals surface area contributed by atoms with Crippen molar-refractivity contribution in [1.82, 2.24) is 30.1 Å². The van der Waals surface area contributed by atoms with E-state index < -0.39 is 0 Å². The Morgan fingerprint density at radius 2 is 2.10 bits per heavy atom. The number of aryl methyl sites for hydroxylation is 1. The highest BCUT2D eigenvalue weighted by atomic mass is 32.1. The van der Waals surface area contributed by atoms with E-state index in [1.165, 1.54) is 29.0 Å². The van der Waals surface area contributed by atoms with Gasteiger partial charge in [0, 0.05) is 54.1 Å². The lowest BCUT2D eigenvalue weighted by atomic mass is 10.1. The highest BCUT2D eigenvalue weighted by Gasteiger charge is 2.27. The van der Waals surface area contributed by atoms with E-state index >= 15 is 0 Å². The van der Waals surface area contributed by atoms with Gasteiger partial charge in [-0.25, -0.2) is 15.0 Å². The van der Waals surface area contributed by atoms with Gasteiger partial charge in [-0.3, -0.25) is 10.1 Å². The molecule has 0 spiro atoms. The summed E-state index contributed by atoms with van der Waals surface area (Å²) in [4.78, 5) is 21.7. The molecule has 0 aromatic carbocycles. The standard InChI is InChI=1S/C22H22N8S/c1-13-4-7-24-21(26-13)28-22-27-19-16-11-25-29-20(16)30(9-6-18(19)31-22)12-14-5-8-23-17(10-14)15-2-3-15/h4-5,7-8,10-11,15H,2-3,6,9,12H2,1H3,(H,25,29)(H,24,26,27,28). The van der Waals surface area contributed by atoms with Crippen LogP contribution < -0.4 is 10.2 Å². The lowest BCUT2D eigenvalue weighted by molar-refractivity contribution is 0.773. The zero-order valence-electron chi connectivity index (χ0n) is 17.2. The Balaban J connectivity index is 1.27. The molecule has 5 heterocycles. The van der Waals surface area contributed by atoms with Crippen molar-refractivity contribution >= 4 is 28.2 Å². The lowest BCUT2D eigenvalue weighted by Crippen LogP contribution is -2.25. The van der Waals surface area contributed by atoms with Crippen LogP contribution in [0.5, 0.6) is 0 Å². The SMILES string of the molecule is Cc1ccnc(Nc2nc3c(s2)CCN(Cc2ccnc(C4CC4)c2)c2[nH]ncc2-3)n1. The van der Waals surface area contributed by atoms with Crippen LogP contribution in [0, 0.1) is 6.92 Å². The topological polar surface area (TPSA) is 95.5 Å². The summed E-state index contributed by atoms with van der Waals surface area (Å²) < 4.78 is 0. The fourth-order valence-electron chi connectivity index (χ4n) is 4.01. The van der Waals surface area contributed by atoms with Gasteiger partial charge in [0.1, 0.15) is 5.82 Å². The number of nitrogens with zero attached hydrogens (tertiary/aromatic N) is 6. The van der Waals surface area contributed by atoms with Gasteiger partial charge in [-0.1, -0.05) is 0 Å². The summed E-state index contributed by atoms with van der Waals surface area (Å²) in [6.45, 7) is 3.67. The Morgan fingerprint density at radius 1 is 1.19 bits per heavy atom. The number of aromatic amines is 1. The molecule has 2 aliphatic rings. The third-order valence-electron chi connectivity index (χ3n) is 5.72. The molecule has 6 rings (SSSR count). The number of fused-ring (bicyclic) bond motifs is 3. The van der Waals surface area contributed by atoms with Crippen LogP contribution in [0.25, 0.3) is 11.3 Å². The van der Waals surface area contributed by atoms with Crippen molar-refractivity contribution < 1.29 is 0 Å². The van der Waals surface area contributed by atoms with E-state index in [9.17, 15) is 0 Å². The molecule has 1 aliphatic heterocycles. The summed E-state index contributed by atoms with van der Waals surface area (Å²) in [6, 6.07) is 6.26. The lowest BCUT2D eigenvalue weighted by Gasteiger charge is -2.22. The molecule has 1 fully saturated rings. The first-order valence-electron chi connectivity index (χ1n) is 10.5. The Hall–Kier alpha value is -3.33. The average molecular weight is 431 g/mol. The summed E-state index contributed by atoms with van der Waals surface area (Å²) in [5.41, 5.74) is 5.46. The van der Waals surface area contributed by atoms with Crippen LogP contribution in [-0.2, 0) is 13.0 Å². The van der Waals surface area contributed by atoms with Crippen molar-refractivity contribution in [3.63, 3.8) is 0 Å². The summed E-state index contributed by atoms with van der Waals surface area (Å²) >= 11 is 1.66. The number of anilines is 3. The van der Waals surface area contributed by atoms with Crippen LogP contribution in [0.15, 0.2) is 36.8 Å². The van der Waals surface area contributed by atoms with Crippen LogP contribution in [-0.4, -0.2) is 36.7 Å². The maximum atomic E-state index is 4.87. The molecule has 1 saturated carbocycles. The van der Waals surface area contributed by atoms with Gasteiger partial charge in [0.05, 0.1) is 17.5 Å². The van der Waals surface area contributed by atoms with Gasteiger partial charge >= 0.3 is 0 Å². The molecule has 2 N–H and O–H groups in total. The number of pyridine rings is 1. The monoisotopic (exact) mass is 430 g/mol. The number of nitrogens with one attached hydrogen (secondary N) is 2. The van der Waals surface area contributed by atoms with Crippen molar-refractivity contribution in [3.8, 4) is 11.3 Å². The zero-order chi connectivity index (χ0) is 20.8. The molecule has 156 valence electrons. The maximum absolute atomic E-state index is 4.87. The first kappa shape index (κ1) is 18.4. The summed E-state index contributed by atoms with van der Waals surface area (Å²) in [7, 11) is 0. The molecular weight excluding hydrogens is 408 g/mol. The molecule has 0 saturated heterocycles. The Morgan fingerprint density at radius 3 is 2.97 bits per heavy atom. The molecule has 8 nitrogen and oxygen atoms in total. The third kappa shape index (κ3) is 3.65. The van der Waals surface area contributed by atoms with E-state index in [-0.39, 0.29) is 0 Å². The number of aromatic nitrogens is 6. The fourth-order valence-corrected chi connectivity index (χ4v) is 4.96. The molecule has 0 radical (unpaired) electrons. The minimum absolute atomic E-state index is 0.571. The van der Waals surface area contributed by atoms with Crippen LogP contribution in [0.3, 0.4) is 0 Å². The molecule has 9 heteroatoms. The zero-order valence-corrected chi connectivity index (χ0v) is 18.0. The number of rotatable bonds is 5. The van der Waals surface area contributed by atoms with Crippen molar-refractivity contribution in [3.05, 3.63) is 58.6 Å². The maximum Gasteiger partial charge on any atom is 0.229 e. The Kier molecular flexibility index (Phi) is 4.41. The molecule has 0 atom stereocenters. The van der Waals surface area contributed by atoms with Gasteiger partial charge in [0.25, 0.3) is 0 Å². The first-order chi connectivity index (χ1) is 15.2. The molecule has 0 amide bonds. The fraction of sp³-hybridized carbons (Fsp3) is 0.318. The minimum Gasteiger partial charge on any atom is -0.352 e. The molecule has 4 aromatic rings. The second kappa shape index (κ2) is 7.42. The van der Waals surface area contributed by atoms with Crippen LogP contribution in [0.4, 0.5) is 16.9 Å². The first-order valence-corrected chi connectivity index (χ1v) is 11.3. The van der Waals surface area contributed by atoms with E-state index in [4.69, 9.17) is 4.98 Å². The van der Waals surface area contributed by atoms with Crippen LogP contribution in [0.1, 0.15) is 40.6 Å². The van der Waals surface area contributed by atoms with Gasteiger partial charge in [-0.2, -0.15) is 5.10 Å². The van der Waals surface area contributed by atoms with E-state index in [1.807, 2.05) is 25.4 Å². The van der Waals surface area contributed by atoms with Gasteiger partial charge in [0.15, 0.2) is 5.13 Å². The summed E-state index contributed by atoms with van der Waals surface area (Å²) in [5.74, 6) is 2.25. The van der Waals surface area contributed by atoms with Gasteiger partial charge in [-0.05, 0) is 43.5 Å². The average Bonchev–Trinajstić information content (AvgIpc) is 3.41. The highest BCUT2D eigenvalue weighted by Crippen LogP contribution is 2.41. The van der Waals surface area contributed by atoms with Crippen LogP contribution >= 0.6 is 11.3 Å². The predicted molar refractivity (Wildman–Crippen MR) is 121 cm³/mol. The molecule has 0 bridgehead atoms. The van der Waals surface area contributed by atoms with Crippen molar-refractivity contribution in [1.29, 1.82) is 0 Å². The van der Waals surface area contributed by atoms with Crippen molar-refractivity contribution in [2.45, 2.75) is 38.6 Å². The van der Waals surface area contributed by atoms with E-state index in [2.05, 4.69) is 47.5 Å². The smallest absolute Gasteiger partial charge is 0.229 e. The quantitative estimate of drug-likeness (QED) is 0.490. The minimum atomic E-state index is 0.571. The Bertz CT molecular complexity index is 1240. The predicted octanol–water partition coefficient (Wildman–Crippen LogP) is 4.21. The molecule has 31 heavy (non-hydrogen) atoms. The van der Waals surface area contributed by atoms with Crippen molar-refractivity contribution in [2.24, 2.45) is 0 Å². The highest BCUT2D eigenvalue weighted by molar-refractivity contribution is 7.16. The summed E-state index contributed by atoms with van der Waals surface area (Å²) in [6.07, 6.45) is 9.02. The summed E-state index contributed by atoms with van der Waals surface area (Å²) in [5, 5.41) is 11.6. The molecule has 0 unspecified atom stereocenters. The number of hydrogen-bond donors (Lipinski definition) is 2. The van der Waals surface area contributed by atoms with Crippen molar-refractivity contribution in [2.75, 3.05) is 16.8 Å². The number of H-pyrrole nitrogens is 1. The van der Waals surface area contributed by atoms with Gasteiger partial charge in [0.2, 0.25) is 5.95 Å². The number of hydrogen-bond acceptors (Lipinski definition) is 8. The third-order valence-corrected chi connectivity index (χ3v) is 6.76. The van der Waals surface area contributed by atoms with E-state index in [0.29, 0.717) is 11.9 Å². The molecule has 1 aliphatic carbocycles. The number of thiazole rings is 1. The van der Waals surface area contributed by atoms with Gasteiger partial charge in [-0.15, -0.1) is 11.3 Å². The van der Waals surface area contributed by atoms with E-state index in [0.717, 1.165) is 47.4 Å². The molecular formula is C22H22N8S. The molecule has 4 aromatic heterocycles. The second-order valence-corrected chi connectivity index (χ2v) is 9.19. The largest absolute Gasteiger partial charge is 0.352 e.